The van der Waals surface area contributed by atoms with Crippen molar-refractivity contribution in [2.45, 2.75) is 32.2 Å². The van der Waals surface area contributed by atoms with Gasteiger partial charge >= 0.3 is 0 Å². The number of hydrogen-bond donors (Lipinski definition) is 2. The molecular formula is C21H27ClN2O2S. The Labute approximate surface area is 170 Å². The minimum absolute atomic E-state index is 0.0377. The van der Waals surface area contributed by atoms with Crippen molar-refractivity contribution >= 4 is 40.9 Å². The zero-order valence-corrected chi connectivity index (χ0v) is 17.4. The smallest absolute Gasteiger partial charge is 0.157 e. The first-order valence-corrected chi connectivity index (χ1v) is 10.1. The molecule has 3 N–H and O–H groups in total. The van der Waals surface area contributed by atoms with Crippen molar-refractivity contribution in [3.63, 3.8) is 0 Å². The van der Waals surface area contributed by atoms with Gasteiger partial charge in [-0.15, -0.1) is 11.3 Å². The number of halogens is 1. The average molecular weight is 407 g/mol. The standard InChI is InChI=1S/C21H27ClN2O2S/c1-4-17-19(26-12-11-25)18(22)20(27-17)16(7-5-6-9-23)13-15-8-10-24-21(2,3)14-15/h4-7,9,11,13,15,24H,1,8,10,12,14,23H2,2-3H3/b7-5-,9-6+,16-13+. The van der Waals surface area contributed by atoms with Crippen molar-refractivity contribution in [2.24, 2.45) is 11.7 Å². The Morgan fingerprint density at radius 3 is 2.89 bits per heavy atom. The molecule has 0 aromatic carbocycles. The van der Waals surface area contributed by atoms with Crippen molar-refractivity contribution < 1.29 is 9.53 Å². The number of carbonyl (C=O) groups is 1. The number of nitrogens with two attached hydrogens (primary N) is 1. The molecule has 0 aliphatic carbocycles. The SMILES string of the molecule is C=Cc1sc(C(/C=C\C=C\N)=C/C2CCNC(C)(C)C2)c(Cl)c1OCC=O. The summed E-state index contributed by atoms with van der Waals surface area (Å²) < 4.78 is 5.53. The maximum absolute atomic E-state index is 10.7. The third-order valence-electron chi connectivity index (χ3n) is 4.38. The van der Waals surface area contributed by atoms with Gasteiger partial charge in [0.1, 0.15) is 11.6 Å². The van der Waals surface area contributed by atoms with Crippen LogP contribution in [-0.2, 0) is 4.79 Å². The molecular weight excluding hydrogens is 380 g/mol. The van der Waals surface area contributed by atoms with Gasteiger partial charge in [-0.1, -0.05) is 36.4 Å². The predicted molar refractivity (Wildman–Crippen MR) is 116 cm³/mol. The third-order valence-corrected chi connectivity index (χ3v) is 6.07. The number of ether oxygens (including phenoxy) is 1. The monoisotopic (exact) mass is 406 g/mol. The number of thiophene rings is 1. The fourth-order valence-electron chi connectivity index (χ4n) is 3.24. The number of piperidine rings is 1. The summed E-state index contributed by atoms with van der Waals surface area (Å²) in [4.78, 5) is 12.4. The highest BCUT2D eigenvalue weighted by Crippen LogP contribution is 2.44. The highest BCUT2D eigenvalue weighted by atomic mass is 35.5. The van der Waals surface area contributed by atoms with Gasteiger partial charge in [-0.3, -0.25) is 4.79 Å². The highest BCUT2D eigenvalue weighted by molar-refractivity contribution is 7.15. The molecule has 1 aliphatic rings. The van der Waals surface area contributed by atoms with Crippen molar-refractivity contribution in [3.05, 3.63) is 51.9 Å². The molecule has 0 saturated carbocycles. The Hall–Kier alpha value is -1.82. The molecule has 1 aromatic heterocycles. The van der Waals surface area contributed by atoms with Gasteiger partial charge in [0.2, 0.25) is 0 Å². The molecule has 1 atom stereocenters. The zero-order valence-electron chi connectivity index (χ0n) is 15.8. The molecule has 27 heavy (non-hydrogen) atoms. The predicted octanol–water partition coefficient (Wildman–Crippen LogP) is 4.81. The molecule has 1 fully saturated rings. The molecule has 2 heterocycles. The van der Waals surface area contributed by atoms with Crippen LogP contribution in [0.5, 0.6) is 5.75 Å². The van der Waals surface area contributed by atoms with E-state index >= 15 is 0 Å². The second-order valence-corrected chi connectivity index (χ2v) is 8.48. The Kier molecular flexibility index (Phi) is 7.90. The van der Waals surface area contributed by atoms with Gasteiger partial charge in [0.25, 0.3) is 0 Å². The van der Waals surface area contributed by atoms with Crippen molar-refractivity contribution in [2.75, 3.05) is 13.2 Å². The van der Waals surface area contributed by atoms with Crippen LogP contribution < -0.4 is 15.8 Å². The molecule has 6 heteroatoms. The molecule has 1 saturated heterocycles. The molecule has 1 unspecified atom stereocenters. The van der Waals surface area contributed by atoms with Gasteiger partial charge in [-0.05, 0) is 63.1 Å². The average Bonchev–Trinajstić information content (AvgIpc) is 2.94. The van der Waals surface area contributed by atoms with E-state index in [2.05, 4.69) is 31.8 Å². The number of carbonyl (C=O) groups excluding carboxylic acids is 1. The van der Waals surface area contributed by atoms with E-state index in [4.69, 9.17) is 22.1 Å². The van der Waals surface area contributed by atoms with Gasteiger partial charge in [0.05, 0.1) is 9.75 Å². The van der Waals surface area contributed by atoms with Crippen molar-refractivity contribution in [1.29, 1.82) is 0 Å². The number of nitrogens with one attached hydrogen (secondary N) is 1. The first kappa shape index (κ1) is 21.5. The van der Waals surface area contributed by atoms with Crippen LogP contribution in [0.2, 0.25) is 5.02 Å². The van der Waals surface area contributed by atoms with Crippen LogP contribution in [0, 0.1) is 5.92 Å². The van der Waals surface area contributed by atoms with E-state index in [0.29, 0.717) is 23.0 Å². The van der Waals surface area contributed by atoms with Crippen LogP contribution in [0.15, 0.2) is 37.1 Å². The topological polar surface area (TPSA) is 64.3 Å². The van der Waals surface area contributed by atoms with Crippen LogP contribution in [0.4, 0.5) is 0 Å². The van der Waals surface area contributed by atoms with Crippen LogP contribution in [0.1, 0.15) is 36.4 Å². The van der Waals surface area contributed by atoms with Gasteiger partial charge in [-0.25, -0.2) is 0 Å². The number of rotatable bonds is 8. The molecule has 4 nitrogen and oxygen atoms in total. The van der Waals surface area contributed by atoms with E-state index in [1.807, 2.05) is 12.2 Å². The Bertz CT molecular complexity index is 762. The Morgan fingerprint density at radius 1 is 1.48 bits per heavy atom. The summed E-state index contributed by atoms with van der Waals surface area (Å²) in [6.45, 7) is 9.22. The maximum Gasteiger partial charge on any atom is 0.157 e. The highest BCUT2D eigenvalue weighted by Gasteiger charge is 2.27. The van der Waals surface area contributed by atoms with Crippen LogP contribution >= 0.6 is 22.9 Å². The Balaban J connectivity index is 2.45. The number of hydrogen-bond acceptors (Lipinski definition) is 5. The molecule has 0 bridgehead atoms. The van der Waals surface area contributed by atoms with E-state index in [9.17, 15) is 4.79 Å². The molecule has 146 valence electrons. The summed E-state index contributed by atoms with van der Waals surface area (Å²) in [6.07, 6.45) is 14.0. The van der Waals surface area contributed by atoms with Gasteiger partial charge in [-0.2, -0.15) is 0 Å². The fraction of sp³-hybridized carbons (Fsp3) is 0.381. The zero-order chi connectivity index (χ0) is 19.9. The van der Waals surface area contributed by atoms with Gasteiger partial charge < -0.3 is 15.8 Å². The Morgan fingerprint density at radius 2 is 2.26 bits per heavy atom. The number of aldehydes is 1. The lowest BCUT2D eigenvalue weighted by Crippen LogP contribution is -2.45. The van der Waals surface area contributed by atoms with Gasteiger partial charge in [0.15, 0.2) is 12.0 Å². The molecule has 1 aromatic rings. The van der Waals surface area contributed by atoms with E-state index in [0.717, 1.165) is 34.7 Å². The quantitative estimate of drug-likeness (QED) is 0.480. The summed E-state index contributed by atoms with van der Waals surface area (Å²) in [5.41, 5.74) is 6.59. The van der Waals surface area contributed by atoms with E-state index in [-0.39, 0.29) is 12.1 Å². The minimum atomic E-state index is -0.0377. The van der Waals surface area contributed by atoms with E-state index in [1.54, 1.807) is 12.2 Å². The lowest BCUT2D eigenvalue weighted by Gasteiger charge is -2.35. The van der Waals surface area contributed by atoms with Crippen molar-refractivity contribution in [3.8, 4) is 5.75 Å². The molecule has 2 rings (SSSR count). The molecule has 1 aliphatic heterocycles. The largest absolute Gasteiger partial charge is 0.483 e. The van der Waals surface area contributed by atoms with E-state index in [1.165, 1.54) is 17.5 Å². The summed E-state index contributed by atoms with van der Waals surface area (Å²) >= 11 is 8.13. The second kappa shape index (κ2) is 9.93. The lowest BCUT2D eigenvalue weighted by molar-refractivity contribution is -0.109. The normalized spacial score (nSPS) is 20.3. The van der Waals surface area contributed by atoms with Crippen LogP contribution in [0.3, 0.4) is 0 Å². The van der Waals surface area contributed by atoms with Crippen molar-refractivity contribution in [1.82, 2.24) is 5.32 Å². The maximum atomic E-state index is 10.7. The van der Waals surface area contributed by atoms with Crippen LogP contribution in [0.25, 0.3) is 11.6 Å². The fourth-order valence-corrected chi connectivity index (χ4v) is 4.67. The van der Waals surface area contributed by atoms with Crippen LogP contribution in [-0.4, -0.2) is 25.0 Å². The first-order valence-electron chi connectivity index (χ1n) is 8.95. The molecule has 0 spiro atoms. The second-order valence-electron chi connectivity index (χ2n) is 7.05. The van der Waals surface area contributed by atoms with Gasteiger partial charge in [0, 0.05) is 5.54 Å². The summed E-state index contributed by atoms with van der Waals surface area (Å²) in [6, 6.07) is 0. The minimum Gasteiger partial charge on any atom is -0.483 e. The molecule has 0 amide bonds. The summed E-state index contributed by atoms with van der Waals surface area (Å²) in [7, 11) is 0. The number of allylic oxidation sites excluding steroid dienone is 5. The first-order chi connectivity index (χ1) is 12.9. The summed E-state index contributed by atoms with van der Waals surface area (Å²) in [5, 5.41) is 4.06. The van der Waals surface area contributed by atoms with E-state index < -0.39 is 0 Å². The lowest BCUT2D eigenvalue weighted by atomic mass is 9.83. The summed E-state index contributed by atoms with van der Waals surface area (Å²) in [5.74, 6) is 0.950. The molecule has 0 radical (unpaired) electrons. The third kappa shape index (κ3) is 5.83.